The average Bonchev–Trinajstić information content (AvgIpc) is 3.60. The van der Waals surface area contributed by atoms with Gasteiger partial charge in [-0.15, -0.1) is 11.3 Å². The first kappa shape index (κ1) is 29.3. The summed E-state index contributed by atoms with van der Waals surface area (Å²) in [6, 6.07) is 40.3. The van der Waals surface area contributed by atoms with E-state index in [1.165, 1.54) is 135 Å². The molecule has 2 saturated carbocycles. The van der Waals surface area contributed by atoms with Gasteiger partial charge in [-0.1, -0.05) is 101 Å². The van der Waals surface area contributed by atoms with Crippen LogP contribution in [-0.2, 0) is 5.41 Å². The van der Waals surface area contributed by atoms with Gasteiger partial charge < -0.3 is 4.90 Å². The van der Waals surface area contributed by atoms with Crippen molar-refractivity contribution in [3.8, 4) is 11.1 Å². The number of benzene rings is 5. The van der Waals surface area contributed by atoms with Gasteiger partial charge in [0.25, 0.3) is 0 Å². The van der Waals surface area contributed by atoms with Gasteiger partial charge >= 0.3 is 0 Å². The summed E-state index contributed by atoms with van der Waals surface area (Å²) in [7, 11) is 0. The summed E-state index contributed by atoms with van der Waals surface area (Å²) in [5.74, 6) is 1.43. The summed E-state index contributed by atoms with van der Waals surface area (Å²) >= 11 is 1.92. The third-order valence-corrected chi connectivity index (χ3v) is 13.0. The molecule has 6 aromatic rings. The molecule has 1 aromatic heterocycles. The van der Waals surface area contributed by atoms with Crippen molar-refractivity contribution in [1.29, 1.82) is 0 Å². The molecule has 2 heteroatoms. The monoisotopic (exact) mass is 631 g/mol. The summed E-state index contributed by atoms with van der Waals surface area (Å²) in [6.45, 7) is 4.84. The van der Waals surface area contributed by atoms with Crippen LogP contribution in [-0.4, -0.2) is 0 Å². The lowest BCUT2D eigenvalue weighted by Gasteiger charge is -2.29. The molecule has 0 saturated heterocycles. The van der Waals surface area contributed by atoms with Crippen LogP contribution in [0.25, 0.3) is 31.3 Å². The van der Waals surface area contributed by atoms with E-state index >= 15 is 0 Å². The Bertz CT molecular complexity index is 2010. The quantitative estimate of drug-likeness (QED) is 0.183. The molecule has 3 aliphatic rings. The molecule has 0 bridgehead atoms. The van der Waals surface area contributed by atoms with E-state index in [9.17, 15) is 0 Å². The fourth-order valence-electron chi connectivity index (χ4n) is 9.19. The first-order valence-corrected chi connectivity index (χ1v) is 19.0. The Kier molecular flexibility index (Phi) is 7.27. The highest BCUT2D eigenvalue weighted by atomic mass is 32.1. The van der Waals surface area contributed by atoms with Crippen molar-refractivity contribution in [3.05, 3.63) is 125 Å². The van der Waals surface area contributed by atoms with Crippen molar-refractivity contribution in [2.45, 2.75) is 95.3 Å². The number of anilines is 3. The van der Waals surface area contributed by atoms with E-state index in [-0.39, 0.29) is 5.41 Å². The molecule has 236 valence electrons. The van der Waals surface area contributed by atoms with Gasteiger partial charge in [-0.3, -0.25) is 0 Å². The van der Waals surface area contributed by atoms with E-state index in [2.05, 4.69) is 122 Å². The first-order chi connectivity index (χ1) is 23.0. The van der Waals surface area contributed by atoms with E-state index in [1.807, 2.05) is 11.3 Å². The molecular formula is C45H45NS. The van der Waals surface area contributed by atoms with E-state index in [4.69, 9.17) is 0 Å². The second kappa shape index (κ2) is 11.7. The largest absolute Gasteiger partial charge is 0.310 e. The van der Waals surface area contributed by atoms with Gasteiger partial charge in [0, 0.05) is 42.6 Å². The summed E-state index contributed by atoms with van der Waals surface area (Å²) in [5, 5.41) is 2.77. The van der Waals surface area contributed by atoms with Crippen LogP contribution in [0, 0.1) is 0 Å². The van der Waals surface area contributed by atoms with Gasteiger partial charge in [0.2, 0.25) is 0 Å². The van der Waals surface area contributed by atoms with Gasteiger partial charge in [0.05, 0.1) is 0 Å². The molecule has 0 spiro atoms. The highest BCUT2D eigenvalue weighted by molar-refractivity contribution is 7.25. The molecule has 0 aliphatic heterocycles. The highest BCUT2D eigenvalue weighted by Crippen LogP contribution is 2.53. The Morgan fingerprint density at radius 1 is 0.511 bits per heavy atom. The lowest BCUT2D eigenvalue weighted by molar-refractivity contribution is 0.443. The molecule has 0 amide bonds. The predicted molar refractivity (Wildman–Crippen MR) is 203 cm³/mol. The van der Waals surface area contributed by atoms with Crippen LogP contribution in [0.15, 0.2) is 103 Å². The fourth-order valence-corrected chi connectivity index (χ4v) is 10.3. The van der Waals surface area contributed by atoms with E-state index in [0.717, 1.165) is 0 Å². The molecule has 9 rings (SSSR count). The van der Waals surface area contributed by atoms with Gasteiger partial charge in [-0.2, -0.15) is 0 Å². The summed E-state index contributed by atoms with van der Waals surface area (Å²) in [4.78, 5) is 2.50. The van der Waals surface area contributed by atoms with Crippen LogP contribution >= 0.6 is 11.3 Å². The minimum Gasteiger partial charge on any atom is -0.310 e. The minimum absolute atomic E-state index is 0.0841. The smallest absolute Gasteiger partial charge is 0.0465 e. The molecule has 1 nitrogen and oxygen atoms in total. The van der Waals surface area contributed by atoms with E-state index in [1.54, 1.807) is 0 Å². The van der Waals surface area contributed by atoms with E-state index < -0.39 is 0 Å². The van der Waals surface area contributed by atoms with Gasteiger partial charge in [-0.25, -0.2) is 0 Å². The predicted octanol–water partition coefficient (Wildman–Crippen LogP) is 13.9. The second-order valence-corrected chi connectivity index (χ2v) is 16.1. The van der Waals surface area contributed by atoms with Crippen molar-refractivity contribution in [2.24, 2.45) is 0 Å². The fraction of sp³-hybridized carbons (Fsp3) is 0.333. The van der Waals surface area contributed by atoms with Crippen LogP contribution < -0.4 is 4.90 Å². The topological polar surface area (TPSA) is 3.24 Å². The molecule has 0 N–H and O–H groups in total. The minimum atomic E-state index is -0.0841. The lowest BCUT2D eigenvalue weighted by Crippen LogP contribution is -2.16. The maximum Gasteiger partial charge on any atom is 0.0465 e. The molecule has 0 radical (unpaired) electrons. The van der Waals surface area contributed by atoms with Crippen molar-refractivity contribution in [3.63, 3.8) is 0 Å². The molecule has 0 unspecified atom stereocenters. The van der Waals surface area contributed by atoms with Crippen molar-refractivity contribution >= 4 is 48.6 Å². The summed E-state index contributed by atoms with van der Waals surface area (Å²) in [6.07, 6.45) is 13.6. The van der Waals surface area contributed by atoms with Crippen LogP contribution in [0.5, 0.6) is 0 Å². The molecule has 0 atom stereocenters. The summed E-state index contributed by atoms with van der Waals surface area (Å²) in [5.41, 5.74) is 12.3. The normalized spacial score (nSPS) is 18.0. The first-order valence-electron chi connectivity index (χ1n) is 18.2. The number of fused-ring (bicyclic) bond motifs is 6. The molecular weight excluding hydrogens is 587 g/mol. The Hall–Kier alpha value is -3.88. The Balaban J connectivity index is 1.13. The number of hydrogen-bond donors (Lipinski definition) is 0. The maximum absolute atomic E-state index is 2.50. The number of rotatable bonds is 5. The second-order valence-electron chi connectivity index (χ2n) is 15.0. The average molecular weight is 632 g/mol. The highest BCUT2D eigenvalue weighted by Gasteiger charge is 2.37. The Labute approximate surface area is 284 Å². The number of nitrogens with zero attached hydrogens (tertiary/aromatic N) is 1. The van der Waals surface area contributed by atoms with Crippen molar-refractivity contribution in [2.75, 3.05) is 4.90 Å². The molecule has 47 heavy (non-hydrogen) atoms. The van der Waals surface area contributed by atoms with Gasteiger partial charge in [0.1, 0.15) is 0 Å². The molecule has 3 aliphatic carbocycles. The maximum atomic E-state index is 2.50. The number of hydrogen-bond acceptors (Lipinski definition) is 2. The van der Waals surface area contributed by atoms with E-state index in [0.29, 0.717) is 11.8 Å². The zero-order chi connectivity index (χ0) is 31.5. The molecule has 1 heterocycles. The third-order valence-electron chi connectivity index (χ3n) is 11.9. The standard InChI is InChI=1S/C45H45NS/c1-45(2)41-27-36(25-26-37(41)39-29-44-40(28-42(39)45)38-15-9-10-16-43(38)47-44)46(34-21-17-32(18-22-34)30-11-5-3-6-12-30)35-23-19-33(20-24-35)31-13-7-4-8-14-31/h9-10,15-31H,3-8,11-14H2,1-2H3. The number of thiophene rings is 1. The van der Waals surface area contributed by atoms with Crippen molar-refractivity contribution < 1.29 is 0 Å². The third kappa shape index (κ3) is 5.03. The van der Waals surface area contributed by atoms with Crippen LogP contribution in [0.4, 0.5) is 17.1 Å². The lowest BCUT2D eigenvalue weighted by atomic mass is 9.82. The zero-order valence-corrected chi connectivity index (χ0v) is 28.7. The SMILES string of the molecule is CC1(C)c2cc(N(c3ccc(C4CCCCC4)cc3)c3ccc(C4CCCCC4)cc3)ccc2-c2cc3sc4ccccc4c3cc21. The van der Waals surface area contributed by atoms with Crippen molar-refractivity contribution in [1.82, 2.24) is 0 Å². The van der Waals surface area contributed by atoms with Crippen LogP contribution in [0.1, 0.15) is 112 Å². The summed E-state index contributed by atoms with van der Waals surface area (Å²) < 4.78 is 2.76. The molecule has 5 aromatic carbocycles. The van der Waals surface area contributed by atoms with Crippen LogP contribution in [0.3, 0.4) is 0 Å². The van der Waals surface area contributed by atoms with Gasteiger partial charge in [-0.05, 0) is 125 Å². The zero-order valence-electron chi connectivity index (χ0n) is 27.9. The Morgan fingerprint density at radius 3 is 1.68 bits per heavy atom. The van der Waals surface area contributed by atoms with Crippen LogP contribution in [0.2, 0.25) is 0 Å². The Morgan fingerprint density at radius 2 is 1.06 bits per heavy atom. The molecule has 2 fully saturated rings. The van der Waals surface area contributed by atoms with Gasteiger partial charge in [0.15, 0.2) is 0 Å².